The number of hydrogen-bond donors (Lipinski definition) is 0. The van der Waals surface area contributed by atoms with Crippen LogP contribution in [0.2, 0.25) is 0 Å². The lowest BCUT2D eigenvalue weighted by Crippen LogP contribution is -2.27. The molecule has 0 saturated carbocycles. The molecule has 10 heavy (non-hydrogen) atoms. The van der Waals surface area contributed by atoms with Gasteiger partial charge in [-0.1, -0.05) is 6.08 Å². The van der Waals surface area contributed by atoms with E-state index >= 15 is 0 Å². The predicted molar refractivity (Wildman–Crippen MR) is 42.7 cm³/mol. The Labute approximate surface area is 62.7 Å². The van der Waals surface area contributed by atoms with E-state index in [2.05, 4.69) is 18.0 Å². The van der Waals surface area contributed by atoms with Crippen LogP contribution in [0.5, 0.6) is 0 Å². The summed E-state index contributed by atoms with van der Waals surface area (Å²) in [6.07, 6.45) is 8.00. The fourth-order valence-electron chi connectivity index (χ4n) is 2.21. The van der Waals surface area contributed by atoms with Crippen LogP contribution in [0.15, 0.2) is 11.8 Å². The summed E-state index contributed by atoms with van der Waals surface area (Å²) in [6.45, 7) is 1.28. The van der Waals surface area contributed by atoms with Crippen LogP contribution in [0.1, 0.15) is 25.7 Å². The van der Waals surface area contributed by atoms with Crippen LogP contribution in [-0.4, -0.2) is 18.5 Å². The molecule has 2 aliphatic rings. The van der Waals surface area contributed by atoms with Gasteiger partial charge < -0.3 is 4.90 Å². The molecule has 0 aromatic carbocycles. The summed E-state index contributed by atoms with van der Waals surface area (Å²) >= 11 is 0. The van der Waals surface area contributed by atoms with E-state index in [-0.39, 0.29) is 0 Å². The van der Waals surface area contributed by atoms with Gasteiger partial charge in [-0.2, -0.15) is 0 Å². The smallest absolute Gasteiger partial charge is 0.0171 e. The van der Waals surface area contributed by atoms with Gasteiger partial charge in [0.25, 0.3) is 0 Å². The van der Waals surface area contributed by atoms with E-state index in [1.54, 1.807) is 5.70 Å². The van der Waals surface area contributed by atoms with Crippen molar-refractivity contribution in [3.05, 3.63) is 11.8 Å². The van der Waals surface area contributed by atoms with Gasteiger partial charge in [-0.15, -0.1) is 0 Å². The van der Waals surface area contributed by atoms with Crippen molar-refractivity contribution in [2.75, 3.05) is 13.6 Å². The fourth-order valence-corrected chi connectivity index (χ4v) is 2.21. The molecule has 1 aliphatic heterocycles. The highest BCUT2D eigenvalue weighted by atomic mass is 15.1. The van der Waals surface area contributed by atoms with Gasteiger partial charge in [-0.25, -0.2) is 0 Å². The number of hydrogen-bond acceptors (Lipinski definition) is 1. The summed E-state index contributed by atoms with van der Waals surface area (Å²) in [5, 5.41) is 0. The van der Waals surface area contributed by atoms with Crippen LogP contribution in [0.4, 0.5) is 0 Å². The first-order valence-corrected chi connectivity index (χ1v) is 4.29. The third-order valence-electron chi connectivity index (χ3n) is 2.77. The highest BCUT2D eigenvalue weighted by Gasteiger charge is 2.25. The maximum absolute atomic E-state index is 2.43. The quantitative estimate of drug-likeness (QED) is 0.493. The van der Waals surface area contributed by atoms with Gasteiger partial charge in [0.05, 0.1) is 0 Å². The van der Waals surface area contributed by atoms with E-state index in [4.69, 9.17) is 0 Å². The minimum atomic E-state index is 0.929. The highest BCUT2D eigenvalue weighted by Crippen LogP contribution is 2.34. The van der Waals surface area contributed by atoms with Gasteiger partial charge in [0.15, 0.2) is 0 Å². The van der Waals surface area contributed by atoms with Crippen molar-refractivity contribution in [1.29, 1.82) is 0 Å². The van der Waals surface area contributed by atoms with E-state index < -0.39 is 0 Å². The number of likely N-dealkylation sites (tertiary alicyclic amines) is 1. The number of piperidine rings is 1. The maximum atomic E-state index is 2.43. The minimum Gasteiger partial charge on any atom is -0.378 e. The second-order valence-corrected chi connectivity index (χ2v) is 3.47. The number of rotatable bonds is 0. The standard InChI is InChI=1S/C9H15N/c1-10-7-3-5-8-4-2-6-9(8)10/h6,8H,2-5,7H2,1H3. The summed E-state index contributed by atoms with van der Waals surface area (Å²) in [5.74, 6) is 0.929. The van der Waals surface area contributed by atoms with Gasteiger partial charge in [0.1, 0.15) is 0 Å². The van der Waals surface area contributed by atoms with Crippen molar-refractivity contribution in [2.45, 2.75) is 25.7 Å². The Kier molecular flexibility index (Phi) is 1.44. The molecule has 1 unspecified atom stereocenters. The minimum absolute atomic E-state index is 0.929. The topological polar surface area (TPSA) is 3.24 Å². The SMILES string of the molecule is CN1CCCC2CCC=C21. The first-order chi connectivity index (χ1) is 4.88. The van der Waals surface area contributed by atoms with Gasteiger partial charge in [0.2, 0.25) is 0 Å². The summed E-state index contributed by atoms with van der Waals surface area (Å²) in [5.41, 5.74) is 1.63. The van der Waals surface area contributed by atoms with E-state index in [1.165, 1.54) is 32.2 Å². The molecule has 1 aliphatic carbocycles. The van der Waals surface area contributed by atoms with Gasteiger partial charge in [0, 0.05) is 19.3 Å². The van der Waals surface area contributed by atoms with Gasteiger partial charge >= 0.3 is 0 Å². The van der Waals surface area contributed by atoms with Crippen LogP contribution >= 0.6 is 0 Å². The molecule has 1 saturated heterocycles. The van der Waals surface area contributed by atoms with Crippen LogP contribution < -0.4 is 0 Å². The number of nitrogens with zero attached hydrogens (tertiary/aromatic N) is 1. The lowest BCUT2D eigenvalue weighted by atomic mass is 9.96. The molecule has 2 rings (SSSR count). The van der Waals surface area contributed by atoms with Crippen LogP contribution in [0.25, 0.3) is 0 Å². The molecule has 0 spiro atoms. The lowest BCUT2D eigenvalue weighted by Gasteiger charge is -2.31. The molecule has 0 aromatic heterocycles. The third-order valence-corrected chi connectivity index (χ3v) is 2.77. The maximum Gasteiger partial charge on any atom is 0.0171 e. The van der Waals surface area contributed by atoms with E-state index in [0.29, 0.717) is 0 Å². The van der Waals surface area contributed by atoms with E-state index in [0.717, 1.165) is 5.92 Å². The summed E-state index contributed by atoms with van der Waals surface area (Å²) in [7, 11) is 2.23. The second kappa shape index (κ2) is 2.30. The Hall–Kier alpha value is -0.460. The van der Waals surface area contributed by atoms with Gasteiger partial charge in [-0.3, -0.25) is 0 Å². The molecular formula is C9H15N. The zero-order valence-electron chi connectivity index (χ0n) is 6.64. The van der Waals surface area contributed by atoms with Crippen LogP contribution in [-0.2, 0) is 0 Å². The number of allylic oxidation sites excluding steroid dienone is 2. The van der Waals surface area contributed by atoms with Crippen molar-refractivity contribution in [3.8, 4) is 0 Å². The summed E-state index contributed by atoms with van der Waals surface area (Å²) in [6, 6.07) is 0. The lowest BCUT2D eigenvalue weighted by molar-refractivity contribution is 0.288. The molecule has 0 amide bonds. The third kappa shape index (κ3) is 0.845. The molecule has 0 radical (unpaired) electrons. The Morgan fingerprint density at radius 1 is 1.50 bits per heavy atom. The molecule has 0 aromatic rings. The number of fused-ring (bicyclic) bond motifs is 1. The van der Waals surface area contributed by atoms with Gasteiger partial charge in [-0.05, 0) is 31.6 Å². The largest absolute Gasteiger partial charge is 0.378 e. The Bertz CT molecular complexity index is 160. The van der Waals surface area contributed by atoms with Crippen molar-refractivity contribution in [3.63, 3.8) is 0 Å². The average molecular weight is 137 g/mol. The highest BCUT2D eigenvalue weighted by molar-refractivity contribution is 5.12. The Balaban J connectivity index is 2.15. The monoisotopic (exact) mass is 137 g/mol. The summed E-state index contributed by atoms with van der Waals surface area (Å²) in [4.78, 5) is 2.43. The zero-order valence-corrected chi connectivity index (χ0v) is 6.64. The molecule has 1 heterocycles. The van der Waals surface area contributed by atoms with Crippen molar-refractivity contribution >= 4 is 0 Å². The van der Waals surface area contributed by atoms with E-state index in [9.17, 15) is 0 Å². The second-order valence-electron chi connectivity index (χ2n) is 3.47. The molecule has 1 atom stereocenters. The normalized spacial score (nSPS) is 31.9. The Morgan fingerprint density at radius 2 is 2.40 bits per heavy atom. The van der Waals surface area contributed by atoms with Crippen molar-refractivity contribution < 1.29 is 0 Å². The summed E-state index contributed by atoms with van der Waals surface area (Å²) < 4.78 is 0. The van der Waals surface area contributed by atoms with Crippen molar-refractivity contribution in [2.24, 2.45) is 5.92 Å². The molecular weight excluding hydrogens is 122 g/mol. The van der Waals surface area contributed by atoms with Crippen LogP contribution in [0.3, 0.4) is 0 Å². The predicted octanol–water partition coefficient (Wildman–Crippen LogP) is 2.01. The molecule has 1 nitrogen and oxygen atoms in total. The molecule has 0 N–H and O–H groups in total. The molecule has 1 heteroatoms. The van der Waals surface area contributed by atoms with E-state index in [1.807, 2.05) is 0 Å². The zero-order chi connectivity index (χ0) is 6.97. The fraction of sp³-hybridized carbons (Fsp3) is 0.778. The van der Waals surface area contributed by atoms with Crippen LogP contribution in [0, 0.1) is 5.92 Å². The molecule has 56 valence electrons. The first-order valence-electron chi connectivity index (χ1n) is 4.29. The molecule has 1 fully saturated rings. The Morgan fingerprint density at radius 3 is 3.20 bits per heavy atom. The average Bonchev–Trinajstić information content (AvgIpc) is 2.36. The first kappa shape index (κ1) is 6.26. The van der Waals surface area contributed by atoms with Crippen molar-refractivity contribution in [1.82, 2.24) is 4.90 Å². The molecule has 0 bridgehead atoms.